The van der Waals surface area contributed by atoms with Crippen molar-refractivity contribution in [1.82, 2.24) is 19.3 Å². The van der Waals surface area contributed by atoms with E-state index in [1.165, 1.54) is 0 Å². The van der Waals surface area contributed by atoms with Gasteiger partial charge < -0.3 is 15.0 Å². The third kappa shape index (κ3) is 2.58. The lowest BCUT2D eigenvalue weighted by atomic mass is 10.3. The highest BCUT2D eigenvalue weighted by molar-refractivity contribution is 5.90. The number of methoxy groups -OCH3 is 1. The van der Waals surface area contributed by atoms with Gasteiger partial charge in [0.25, 0.3) is 5.91 Å². The molecule has 3 rings (SSSR count). The fraction of sp³-hybridized carbons (Fsp3) is 0.214. The Balaban J connectivity index is 1.79. The molecule has 0 aromatic carbocycles. The number of aryl methyl sites for hydroxylation is 2. The Labute approximate surface area is 120 Å². The molecule has 0 aliphatic carbocycles. The predicted octanol–water partition coefficient (Wildman–Crippen LogP) is 1.04. The Kier molecular flexibility index (Phi) is 3.31. The van der Waals surface area contributed by atoms with Crippen LogP contribution in [0.15, 0.2) is 36.7 Å². The summed E-state index contributed by atoms with van der Waals surface area (Å²) in [5, 5.41) is 5.16. The highest BCUT2D eigenvalue weighted by Gasteiger charge is 2.07. The first-order valence-electron chi connectivity index (χ1n) is 6.50. The van der Waals surface area contributed by atoms with Crippen LogP contribution in [0.25, 0.3) is 11.0 Å². The van der Waals surface area contributed by atoms with Gasteiger partial charge in [-0.05, 0) is 18.2 Å². The van der Waals surface area contributed by atoms with Crippen molar-refractivity contribution in [3.8, 4) is 5.88 Å². The van der Waals surface area contributed by atoms with Gasteiger partial charge in [0.05, 0.1) is 13.7 Å². The van der Waals surface area contributed by atoms with Crippen LogP contribution in [0.5, 0.6) is 5.88 Å². The summed E-state index contributed by atoms with van der Waals surface area (Å²) in [4.78, 5) is 15.4. The number of aromatic nitrogens is 4. The summed E-state index contributed by atoms with van der Waals surface area (Å²) in [5.74, 6) is 0.0594. The largest absolute Gasteiger partial charge is 0.481 e. The van der Waals surface area contributed by atoms with Crippen LogP contribution in [-0.4, -0.2) is 32.3 Å². The Morgan fingerprint density at radius 2 is 2.10 bits per heavy atom. The second-order valence-corrected chi connectivity index (χ2v) is 4.60. The summed E-state index contributed by atoms with van der Waals surface area (Å²) >= 11 is 0. The number of nitrogens with zero attached hydrogens (tertiary/aromatic N) is 4. The van der Waals surface area contributed by atoms with E-state index in [2.05, 4.69) is 10.1 Å². The van der Waals surface area contributed by atoms with E-state index in [0.717, 1.165) is 11.0 Å². The zero-order valence-electron chi connectivity index (χ0n) is 11.6. The van der Waals surface area contributed by atoms with Crippen LogP contribution < -0.4 is 10.5 Å². The number of hydrogen-bond donors (Lipinski definition) is 1. The molecule has 0 saturated heterocycles. The van der Waals surface area contributed by atoms with E-state index in [4.69, 9.17) is 10.5 Å². The Morgan fingerprint density at radius 1 is 1.24 bits per heavy atom. The number of nitrogens with two attached hydrogens (primary N) is 1. The number of ether oxygens (including phenoxy) is 1. The molecule has 0 radical (unpaired) electrons. The third-order valence-corrected chi connectivity index (χ3v) is 3.26. The summed E-state index contributed by atoms with van der Waals surface area (Å²) < 4.78 is 8.85. The number of amides is 1. The minimum Gasteiger partial charge on any atom is -0.481 e. The molecule has 21 heavy (non-hydrogen) atoms. The average Bonchev–Trinajstić information content (AvgIpc) is 3.11. The van der Waals surface area contributed by atoms with Crippen molar-refractivity contribution in [2.24, 2.45) is 5.73 Å². The van der Waals surface area contributed by atoms with Gasteiger partial charge in [-0.3, -0.25) is 9.48 Å². The van der Waals surface area contributed by atoms with Gasteiger partial charge in [0, 0.05) is 30.4 Å². The molecule has 3 aromatic heterocycles. The normalized spacial score (nSPS) is 10.9. The maximum atomic E-state index is 11.0. The highest BCUT2D eigenvalue weighted by Crippen LogP contribution is 2.17. The van der Waals surface area contributed by atoms with Crippen molar-refractivity contribution in [1.29, 1.82) is 0 Å². The lowest BCUT2D eigenvalue weighted by Gasteiger charge is -2.06. The molecule has 3 aromatic rings. The van der Waals surface area contributed by atoms with Crippen LogP contribution in [0.4, 0.5) is 0 Å². The van der Waals surface area contributed by atoms with Gasteiger partial charge in [-0.1, -0.05) is 0 Å². The molecule has 0 bridgehead atoms. The van der Waals surface area contributed by atoms with E-state index < -0.39 is 5.91 Å². The molecule has 108 valence electrons. The maximum Gasteiger partial charge on any atom is 0.269 e. The van der Waals surface area contributed by atoms with Gasteiger partial charge in [0.15, 0.2) is 0 Å². The first-order chi connectivity index (χ1) is 10.2. The molecule has 1 amide bonds. The third-order valence-electron chi connectivity index (χ3n) is 3.26. The molecule has 7 nitrogen and oxygen atoms in total. The van der Waals surface area contributed by atoms with Crippen LogP contribution in [0.2, 0.25) is 0 Å². The minimum atomic E-state index is -0.522. The van der Waals surface area contributed by atoms with Crippen LogP contribution in [-0.2, 0) is 13.1 Å². The van der Waals surface area contributed by atoms with Crippen molar-refractivity contribution < 1.29 is 9.53 Å². The summed E-state index contributed by atoms with van der Waals surface area (Å²) in [6, 6.07) is 7.41. The molecule has 0 saturated carbocycles. The first kappa shape index (κ1) is 13.2. The zero-order chi connectivity index (χ0) is 14.8. The average molecular weight is 285 g/mol. The van der Waals surface area contributed by atoms with Crippen molar-refractivity contribution in [2.75, 3.05) is 7.11 Å². The molecule has 0 fully saturated rings. The maximum absolute atomic E-state index is 11.0. The molecule has 0 atom stereocenters. The number of carbonyl (C=O) groups excluding carboxylic acids is 1. The Hall–Kier alpha value is -2.83. The van der Waals surface area contributed by atoms with E-state index in [-0.39, 0.29) is 5.69 Å². The number of hydrogen-bond acceptors (Lipinski definition) is 4. The fourth-order valence-corrected chi connectivity index (χ4v) is 2.16. The Bertz CT molecular complexity index is 790. The molecule has 0 unspecified atom stereocenters. The molecule has 3 heterocycles. The number of pyridine rings is 1. The highest BCUT2D eigenvalue weighted by atomic mass is 16.5. The summed E-state index contributed by atoms with van der Waals surface area (Å²) in [5.41, 5.74) is 6.31. The van der Waals surface area contributed by atoms with Crippen LogP contribution in [0.1, 0.15) is 10.5 Å². The van der Waals surface area contributed by atoms with Gasteiger partial charge in [-0.15, -0.1) is 0 Å². The van der Waals surface area contributed by atoms with Gasteiger partial charge in [0.1, 0.15) is 11.3 Å². The second kappa shape index (κ2) is 5.28. The number of rotatable bonds is 5. The number of fused-ring (bicyclic) bond motifs is 1. The predicted molar refractivity (Wildman–Crippen MR) is 77.0 cm³/mol. The summed E-state index contributed by atoms with van der Waals surface area (Å²) in [6.45, 7) is 1.31. The minimum absolute atomic E-state index is 0.271. The van der Waals surface area contributed by atoms with Crippen LogP contribution in [0.3, 0.4) is 0 Å². The molecule has 0 spiro atoms. The van der Waals surface area contributed by atoms with Crippen LogP contribution >= 0.6 is 0 Å². The standard InChI is InChI=1S/C14H15N5O2/c1-21-12-3-2-10-4-6-18(14(10)16-12)8-9-19-7-5-11(17-19)13(15)20/h2-7H,8-9H2,1H3,(H2,15,20). The van der Waals surface area contributed by atoms with Crippen molar-refractivity contribution >= 4 is 16.9 Å². The smallest absolute Gasteiger partial charge is 0.269 e. The van der Waals surface area contributed by atoms with Crippen molar-refractivity contribution in [3.63, 3.8) is 0 Å². The molecule has 0 aliphatic heterocycles. The van der Waals surface area contributed by atoms with E-state index in [9.17, 15) is 4.79 Å². The van der Waals surface area contributed by atoms with E-state index in [0.29, 0.717) is 19.0 Å². The molecule has 2 N–H and O–H groups in total. The summed E-state index contributed by atoms with van der Waals surface area (Å²) in [7, 11) is 1.59. The molecule has 7 heteroatoms. The lowest BCUT2D eigenvalue weighted by molar-refractivity contribution is 0.0994. The number of primary amides is 1. The molecule has 0 aliphatic rings. The Morgan fingerprint density at radius 3 is 2.81 bits per heavy atom. The monoisotopic (exact) mass is 285 g/mol. The van der Waals surface area contributed by atoms with Crippen molar-refractivity contribution in [2.45, 2.75) is 13.1 Å². The lowest BCUT2D eigenvalue weighted by Crippen LogP contribution is -2.13. The fourth-order valence-electron chi connectivity index (χ4n) is 2.16. The first-order valence-corrected chi connectivity index (χ1v) is 6.50. The van der Waals surface area contributed by atoms with Gasteiger partial charge >= 0.3 is 0 Å². The van der Waals surface area contributed by atoms with E-state index in [1.807, 2.05) is 29.0 Å². The van der Waals surface area contributed by atoms with Gasteiger partial charge in [0.2, 0.25) is 5.88 Å². The van der Waals surface area contributed by atoms with Crippen molar-refractivity contribution in [3.05, 3.63) is 42.4 Å². The van der Waals surface area contributed by atoms with E-state index in [1.54, 1.807) is 24.1 Å². The summed E-state index contributed by atoms with van der Waals surface area (Å²) in [6.07, 6.45) is 3.70. The van der Waals surface area contributed by atoms with E-state index >= 15 is 0 Å². The molecular weight excluding hydrogens is 270 g/mol. The molecular formula is C14H15N5O2. The topological polar surface area (TPSA) is 88.0 Å². The second-order valence-electron chi connectivity index (χ2n) is 4.60. The zero-order valence-corrected chi connectivity index (χ0v) is 11.6. The number of carbonyl (C=O) groups is 1. The quantitative estimate of drug-likeness (QED) is 0.758. The van der Waals surface area contributed by atoms with Gasteiger partial charge in [-0.25, -0.2) is 0 Å². The van der Waals surface area contributed by atoms with Gasteiger partial charge in [-0.2, -0.15) is 10.1 Å². The van der Waals surface area contributed by atoms with Crippen LogP contribution in [0, 0.1) is 0 Å². The SMILES string of the molecule is COc1ccc2ccn(CCn3ccc(C(N)=O)n3)c2n1.